The Morgan fingerprint density at radius 2 is 1.48 bits per heavy atom. The number of anilines is 1. The first-order chi connectivity index (χ1) is 21.1. The molecule has 0 aliphatic carbocycles. The first-order valence-corrected chi connectivity index (χ1v) is 14.1. The second kappa shape index (κ2) is 14.7. The van der Waals surface area contributed by atoms with E-state index in [1.54, 1.807) is 36.7 Å². The van der Waals surface area contributed by atoms with Gasteiger partial charge in [-0.3, -0.25) is 9.78 Å². The molecule has 8 heteroatoms. The fourth-order valence-electron chi connectivity index (χ4n) is 4.76. The van der Waals surface area contributed by atoms with Gasteiger partial charge in [0, 0.05) is 30.0 Å². The number of nitrogens with zero attached hydrogens (tertiary/aromatic N) is 1. The van der Waals surface area contributed by atoms with Crippen molar-refractivity contribution in [1.29, 1.82) is 0 Å². The number of nitrogens with two attached hydrogens (primary N) is 1. The van der Waals surface area contributed by atoms with Gasteiger partial charge >= 0.3 is 11.9 Å². The van der Waals surface area contributed by atoms with Gasteiger partial charge in [-0.05, 0) is 74.2 Å². The number of rotatable bonds is 8. The predicted octanol–water partition coefficient (Wildman–Crippen LogP) is 6.66. The molecule has 2 unspecified atom stereocenters. The van der Waals surface area contributed by atoms with Crippen LogP contribution in [-0.2, 0) is 9.53 Å². The summed E-state index contributed by atoms with van der Waals surface area (Å²) in [4.78, 5) is 40.8. The highest BCUT2D eigenvalue weighted by Crippen LogP contribution is 2.29. The van der Waals surface area contributed by atoms with Crippen molar-refractivity contribution in [1.82, 2.24) is 4.98 Å². The fourth-order valence-corrected chi connectivity index (χ4v) is 4.76. The standard InChI is InChI=1S/C27H25N3O3.C9H10O2/c1-18-7-9-20(10-8-18)27(32)33-25(19-5-3-2-4-6-19)24(16-28)26(31)30-23-12-11-22-17-29-14-13-21(22)15-23;1-6-3-7(2)5-8(4-6)9(10)11/h2-15,17,24-25H,16,28H2,1H3,(H,30,31);3-5H,1-2H3,(H,10,11). The van der Waals surface area contributed by atoms with E-state index in [2.05, 4.69) is 10.3 Å². The second-order valence-electron chi connectivity index (χ2n) is 10.6. The number of benzene rings is 4. The SMILES string of the molecule is Cc1cc(C)cc(C(=O)O)c1.Cc1ccc(C(=O)OC(c2ccccc2)C(CN)C(=O)Nc2ccc3cnccc3c2)cc1. The number of fused-ring (bicyclic) bond motifs is 1. The van der Waals surface area contributed by atoms with Crippen LogP contribution in [0.5, 0.6) is 0 Å². The molecule has 0 fully saturated rings. The van der Waals surface area contributed by atoms with Crippen molar-refractivity contribution >= 4 is 34.3 Å². The molecule has 5 rings (SSSR count). The van der Waals surface area contributed by atoms with E-state index in [-0.39, 0.29) is 12.5 Å². The molecule has 0 aliphatic heterocycles. The number of carboxylic acids is 1. The van der Waals surface area contributed by atoms with Crippen molar-refractivity contribution in [3.8, 4) is 0 Å². The van der Waals surface area contributed by atoms with Gasteiger partial charge in [-0.1, -0.05) is 71.3 Å². The Morgan fingerprint density at radius 1 is 0.795 bits per heavy atom. The summed E-state index contributed by atoms with van der Waals surface area (Å²) in [5.74, 6) is -2.48. The number of carboxylic acid groups (broad SMARTS) is 1. The Kier molecular flexibility index (Phi) is 10.6. The van der Waals surface area contributed by atoms with Crippen LogP contribution in [0, 0.1) is 26.7 Å². The van der Waals surface area contributed by atoms with E-state index >= 15 is 0 Å². The summed E-state index contributed by atoms with van der Waals surface area (Å²) in [6, 6.07) is 29.0. The summed E-state index contributed by atoms with van der Waals surface area (Å²) in [6.07, 6.45) is 2.63. The average molecular weight is 590 g/mol. The van der Waals surface area contributed by atoms with Crippen LogP contribution in [0.3, 0.4) is 0 Å². The lowest BCUT2D eigenvalue weighted by atomic mass is 9.94. The molecule has 5 aromatic rings. The Hall–Kier alpha value is -5.34. The lowest BCUT2D eigenvalue weighted by Gasteiger charge is -2.26. The molecule has 0 saturated carbocycles. The lowest BCUT2D eigenvalue weighted by molar-refractivity contribution is -0.123. The van der Waals surface area contributed by atoms with Crippen LogP contribution in [-0.4, -0.2) is 34.5 Å². The minimum atomic E-state index is -0.864. The maximum Gasteiger partial charge on any atom is 0.338 e. The summed E-state index contributed by atoms with van der Waals surface area (Å²) in [6.45, 7) is 5.73. The van der Waals surface area contributed by atoms with Crippen LogP contribution >= 0.6 is 0 Å². The highest BCUT2D eigenvalue weighted by molar-refractivity contribution is 5.96. The van der Waals surface area contributed by atoms with E-state index in [1.165, 1.54) is 0 Å². The number of amides is 1. The minimum Gasteiger partial charge on any atom is -0.478 e. The smallest absolute Gasteiger partial charge is 0.338 e. The van der Waals surface area contributed by atoms with Crippen molar-refractivity contribution in [3.63, 3.8) is 0 Å². The lowest BCUT2D eigenvalue weighted by Crippen LogP contribution is -2.36. The number of carbonyl (C=O) groups is 3. The Morgan fingerprint density at radius 3 is 2.11 bits per heavy atom. The number of pyridine rings is 1. The van der Waals surface area contributed by atoms with Crippen LogP contribution in [0.2, 0.25) is 0 Å². The van der Waals surface area contributed by atoms with Crippen LogP contribution in [0.25, 0.3) is 10.8 Å². The van der Waals surface area contributed by atoms with Crippen molar-refractivity contribution < 1.29 is 24.2 Å². The van der Waals surface area contributed by atoms with Crippen LogP contribution in [0.1, 0.15) is 49.1 Å². The normalized spacial score (nSPS) is 11.9. The van der Waals surface area contributed by atoms with Crippen LogP contribution in [0.4, 0.5) is 5.69 Å². The van der Waals surface area contributed by atoms with Gasteiger partial charge in [0.1, 0.15) is 6.10 Å². The monoisotopic (exact) mass is 589 g/mol. The number of hydrogen-bond acceptors (Lipinski definition) is 6. The number of ether oxygens (including phenoxy) is 1. The highest BCUT2D eigenvalue weighted by Gasteiger charge is 2.32. The van der Waals surface area contributed by atoms with E-state index in [0.29, 0.717) is 22.4 Å². The van der Waals surface area contributed by atoms with E-state index in [9.17, 15) is 14.4 Å². The third-order valence-corrected chi connectivity index (χ3v) is 6.98. The topological polar surface area (TPSA) is 132 Å². The summed E-state index contributed by atoms with van der Waals surface area (Å²) in [5.41, 5.74) is 11.2. The number of esters is 1. The summed E-state index contributed by atoms with van der Waals surface area (Å²) >= 11 is 0. The molecule has 4 N–H and O–H groups in total. The minimum absolute atomic E-state index is 0.00404. The van der Waals surface area contributed by atoms with Crippen molar-refractivity contribution in [2.75, 3.05) is 11.9 Å². The molecular weight excluding hydrogens is 554 g/mol. The number of aromatic carboxylic acids is 1. The Balaban J connectivity index is 0.000000339. The Labute approximate surface area is 256 Å². The maximum absolute atomic E-state index is 13.3. The molecule has 1 aromatic heterocycles. The molecule has 224 valence electrons. The molecular formula is C36H35N3O5. The fraction of sp³-hybridized carbons (Fsp3) is 0.167. The zero-order valence-electron chi connectivity index (χ0n) is 24.9. The zero-order valence-corrected chi connectivity index (χ0v) is 24.9. The number of aromatic nitrogens is 1. The van der Waals surface area contributed by atoms with Gasteiger partial charge in [0.15, 0.2) is 0 Å². The molecule has 8 nitrogen and oxygen atoms in total. The highest BCUT2D eigenvalue weighted by atomic mass is 16.5. The Bertz CT molecular complexity index is 1730. The van der Waals surface area contributed by atoms with Crippen molar-refractivity contribution in [2.24, 2.45) is 11.7 Å². The molecule has 44 heavy (non-hydrogen) atoms. The van der Waals surface area contributed by atoms with E-state index < -0.39 is 24.0 Å². The summed E-state index contributed by atoms with van der Waals surface area (Å²) in [5, 5.41) is 13.5. The summed E-state index contributed by atoms with van der Waals surface area (Å²) < 4.78 is 5.86. The van der Waals surface area contributed by atoms with Crippen molar-refractivity contribution in [2.45, 2.75) is 26.9 Å². The molecule has 0 bridgehead atoms. The van der Waals surface area contributed by atoms with Gasteiger partial charge in [-0.2, -0.15) is 0 Å². The third-order valence-electron chi connectivity index (χ3n) is 6.98. The third kappa shape index (κ3) is 8.36. The van der Waals surface area contributed by atoms with Crippen LogP contribution in [0.15, 0.2) is 109 Å². The van der Waals surface area contributed by atoms with Gasteiger partial charge < -0.3 is 20.9 Å². The number of aryl methyl sites for hydroxylation is 3. The number of hydrogen-bond donors (Lipinski definition) is 3. The average Bonchev–Trinajstić information content (AvgIpc) is 3.01. The largest absolute Gasteiger partial charge is 0.478 e. The number of nitrogens with one attached hydrogen (secondary N) is 1. The van der Waals surface area contributed by atoms with Gasteiger partial charge in [0.05, 0.1) is 17.0 Å². The first kappa shape index (κ1) is 31.6. The molecule has 2 atom stereocenters. The quantitative estimate of drug-likeness (QED) is 0.173. The maximum atomic E-state index is 13.3. The molecule has 0 saturated heterocycles. The van der Waals surface area contributed by atoms with Crippen LogP contribution < -0.4 is 11.1 Å². The van der Waals surface area contributed by atoms with Gasteiger partial charge in [-0.15, -0.1) is 0 Å². The zero-order chi connectivity index (χ0) is 31.6. The molecule has 4 aromatic carbocycles. The molecule has 0 radical (unpaired) electrons. The van der Waals surface area contributed by atoms with Gasteiger partial charge in [0.2, 0.25) is 5.91 Å². The second-order valence-corrected chi connectivity index (χ2v) is 10.6. The summed E-state index contributed by atoms with van der Waals surface area (Å²) in [7, 11) is 0. The molecule has 0 spiro atoms. The predicted molar refractivity (Wildman–Crippen MR) is 172 cm³/mol. The number of carbonyl (C=O) groups excluding carboxylic acids is 2. The molecule has 1 heterocycles. The molecule has 0 aliphatic rings. The van der Waals surface area contributed by atoms with Crippen molar-refractivity contribution in [3.05, 3.63) is 143 Å². The van der Waals surface area contributed by atoms with E-state index in [1.807, 2.05) is 93.6 Å². The van der Waals surface area contributed by atoms with E-state index in [4.69, 9.17) is 15.6 Å². The first-order valence-electron chi connectivity index (χ1n) is 14.1. The van der Waals surface area contributed by atoms with Gasteiger partial charge in [-0.25, -0.2) is 9.59 Å². The molecule has 1 amide bonds. The van der Waals surface area contributed by atoms with E-state index in [0.717, 1.165) is 27.5 Å². The van der Waals surface area contributed by atoms with Gasteiger partial charge in [0.25, 0.3) is 0 Å².